The van der Waals surface area contributed by atoms with Crippen LogP contribution in [-0.2, 0) is 0 Å². The first-order valence-corrected chi connectivity index (χ1v) is 11.1. The lowest BCUT2D eigenvalue weighted by Gasteiger charge is -2.40. The number of thiazole rings is 1. The van der Waals surface area contributed by atoms with Crippen molar-refractivity contribution in [1.82, 2.24) is 19.8 Å². The van der Waals surface area contributed by atoms with E-state index in [0.29, 0.717) is 52.8 Å². The van der Waals surface area contributed by atoms with E-state index in [9.17, 15) is 9.59 Å². The zero-order chi connectivity index (χ0) is 22.2. The lowest BCUT2D eigenvalue weighted by molar-refractivity contribution is 0.0562. The molecule has 1 aliphatic heterocycles. The van der Waals surface area contributed by atoms with Crippen LogP contribution in [0.3, 0.4) is 0 Å². The number of amides is 3. The summed E-state index contributed by atoms with van der Waals surface area (Å²) in [5.41, 5.74) is 7.14. The highest BCUT2D eigenvalue weighted by Crippen LogP contribution is 2.33. The van der Waals surface area contributed by atoms with Gasteiger partial charge in [0.1, 0.15) is 17.6 Å². The number of pyridine rings is 1. The summed E-state index contributed by atoms with van der Waals surface area (Å²) in [5, 5.41) is 1.19. The van der Waals surface area contributed by atoms with Crippen LogP contribution in [0.25, 0.3) is 21.3 Å². The zero-order valence-corrected chi connectivity index (χ0v) is 18.2. The van der Waals surface area contributed by atoms with E-state index in [-0.39, 0.29) is 11.9 Å². The Morgan fingerprint density at radius 1 is 1.31 bits per heavy atom. The van der Waals surface area contributed by atoms with E-state index in [1.165, 1.54) is 17.6 Å². The van der Waals surface area contributed by atoms with Gasteiger partial charge >= 0.3 is 6.03 Å². The van der Waals surface area contributed by atoms with Gasteiger partial charge in [-0.05, 0) is 30.7 Å². The highest BCUT2D eigenvalue weighted by molar-refractivity contribution is 7.20. The van der Waals surface area contributed by atoms with Crippen LogP contribution in [0.1, 0.15) is 23.7 Å². The lowest BCUT2D eigenvalue weighted by Crippen LogP contribution is -2.57. The van der Waals surface area contributed by atoms with Crippen LogP contribution in [-0.4, -0.2) is 57.4 Å². The quantitative estimate of drug-likeness (QED) is 0.504. The fourth-order valence-electron chi connectivity index (χ4n) is 3.98. The maximum absolute atomic E-state index is 13.2. The van der Waals surface area contributed by atoms with E-state index < -0.39 is 6.03 Å². The molecule has 1 aromatic carbocycles. The maximum Gasteiger partial charge on any atom is 0.315 e. The Morgan fingerprint density at radius 3 is 2.97 bits per heavy atom. The number of benzene rings is 1. The van der Waals surface area contributed by atoms with Crippen molar-refractivity contribution >= 4 is 44.6 Å². The number of carbonyl (C=O) groups is 2. The Bertz CT molecular complexity index is 1280. The van der Waals surface area contributed by atoms with Gasteiger partial charge in [-0.3, -0.25) is 4.79 Å². The van der Waals surface area contributed by atoms with Gasteiger partial charge in [-0.1, -0.05) is 18.3 Å². The number of ether oxygens (including phenoxy) is 1. The summed E-state index contributed by atoms with van der Waals surface area (Å²) in [6, 6.07) is 8.59. The molecule has 4 heterocycles. The number of furan rings is 1. The van der Waals surface area contributed by atoms with Crippen molar-refractivity contribution < 1.29 is 18.7 Å². The Balaban J connectivity index is 1.35. The minimum Gasteiger partial charge on any atom is -0.463 e. The van der Waals surface area contributed by atoms with Crippen molar-refractivity contribution in [2.45, 2.75) is 19.4 Å². The second-order valence-electron chi connectivity index (χ2n) is 7.56. The second kappa shape index (κ2) is 8.12. The highest BCUT2D eigenvalue weighted by Gasteiger charge is 2.31. The average molecular weight is 452 g/mol. The van der Waals surface area contributed by atoms with E-state index in [1.807, 2.05) is 25.1 Å². The molecule has 0 saturated carbocycles. The van der Waals surface area contributed by atoms with E-state index >= 15 is 0 Å². The molecule has 9 nitrogen and oxygen atoms in total. The lowest BCUT2D eigenvalue weighted by atomic mass is 10.1. The van der Waals surface area contributed by atoms with E-state index in [1.54, 1.807) is 28.1 Å². The van der Waals surface area contributed by atoms with Crippen molar-refractivity contribution in [2.24, 2.45) is 5.73 Å². The number of aromatic nitrogens is 2. The molecule has 32 heavy (non-hydrogen) atoms. The topological polar surface area (TPSA) is 115 Å². The summed E-state index contributed by atoms with van der Waals surface area (Å²) in [6.45, 7) is 3.27. The standard InChI is InChI=1S/C22H21N5O4S/c1-2-13-11-26(8-9-27(13)21(23)29)20(28)16-12-30-17-10-14(5-6-15(16)17)31-22-25-19-18(32-22)4-3-7-24-19/h3-7,10,12-13H,2,8-9,11H2,1H3,(H2,23,29). The fraction of sp³-hybridized carbons (Fsp3) is 0.273. The fourth-order valence-corrected chi connectivity index (χ4v) is 4.78. The van der Waals surface area contributed by atoms with Crippen molar-refractivity contribution in [1.29, 1.82) is 0 Å². The SMILES string of the molecule is CCC1CN(C(=O)c2coc3cc(Oc4nc5ncccc5s4)ccc23)CCN1C(N)=O. The molecular weight excluding hydrogens is 430 g/mol. The smallest absolute Gasteiger partial charge is 0.315 e. The van der Waals surface area contributed by atoms with Crippen LogP contribution in [0, 0.1) is 0 Å². The molecule has 1 fully saturated rings. The summed E-state index contributed by atoms with van der Waals surface area (Å²) >= 11 is 1.41. The van der Waals surface area contributed by atoms with Gasteiger partial charge in [0, 0.05) is 37.3 Å². The van der Waals surface area contributed by atoms with Crippen LogP contribution in [0.2, 0.25) is 0 Å². The van der Waals surface area contributed by atoms with Crippen LogP contribution >= 0.6 is 11.3 Å². The third-order valence-electron chi connectivity index (χ3n) is 5.65. The number of rotatable bonds is 4. The molecule has 0 radical (unpaired) electrons. The van der Waals surface area contributed by atoms with Gasteiger partial charge in [-0.2, -0.15) is 4.98 Å². The molecule has 0 aliphatic carbocycles. The minimum absolute atomic E-state index is 0.0910. The van der Waals surface area contributed by atoms with Crippen LogP contribution < -0.4 is 10.5 Å². The molecule has 0 bridgehead atoms. The van der Waals surface area contributed by atoms with Gasteiger partial charge in [-0.15, -0.1) is 0 Å². The van der Waals surface area contributed by atoms with Crippen molar-refractivity contribution in [3.8, 4) is 10.9 Å². The first-order chi connectivity index (χ1) is 15.5. The summed E-state index contributed by atoms with van der Waals surface area (Å²) in [7, 11) is 0. The van der Waals surface area contributed by atoms with Gasteiger partial charge in [0.05, 0.1) is 16.3 Å². The van der Waals surface area contributed by atoms with Crippen LogP contribution in [0.5, 0.6) is 10.9 Å². The second-order valence-corrected chi connectivity index (χ2v) is 8.55. The third-order valence-corrected chi connectivity index (χ3v) is 6.54. The molecule has 1 aliphatic rings. The minimum atomic E-state index is -0.450. The molecule has 3 aromatic heterocycles. The Kier molecular flexibility index (Phi) is 5.14. The van der Waals surface area contributed by atoms with Crippen LogP contribution in [0.15, 0.2) is 47.2 Å². The normalized spacial score (nSPS) is 16.6. The number of fused-ring (bicyclic) bond motifs is 2. The number of primary amides is 1. The van der Waals surface area contributed by atoms with Gasteiger partial charge in [0.2, 0.25) is 0 Å². The largest absolute Gasteiger partial charge is 0.463 e. The van der Waals surface area contributed by atoms with Crippen molar-refractivity contribution in [3.05, 3.63) is 48.4 Å². The van der Waals surface area contributed by atoms with Gasteiger partial charge in [0.25, 0.3) is 11.1 Å². The Morgan fingerprint density at radius 2 is 2.19 bits per heavy atom. The van der Waals surface area contributed by atoms with Crippen LogP contribution in [0.4, 0.5) is 4.79 Å². The number of nitrogens with zero attached hydrogens (tertiary/aromatic N) is 4. The first kappa shape index (κ1) is 20.3. The van der Waals surface area contributed by atoms with Crippen molar-refractivity contribution in [2.75, 3.05) is 19.6 Å². The monoisotopic (exact) mass is 451 g/mol. The number of nitrogens with two attached hydrogens (primary N) is 1. The molecule has 5 rings (SSSR count). The van der Waals surface area contributed by atoms with Gasteiger partial charge < -0.3 is 24.7 Å². The van der Waals surface area contributed by atoms with Gasteiger partial charge in [0.15, 0.2) is 5.65 Å². The predicted octanol–water partition coefficient (Wildman–Crippen LogP) is 3.84. The number of carbonyl (C=O) groups excluding carboxylic acids is 2. The Labute approximate surface area is 187 Å². The maximum atomic E-state index is 13.2. The molecule has 1 unspecified atom stereocenters. The molecule has 2 N–H and O–H groups in total. The Hall–Kier alpha value is -3.66. The van der Waals surface area contributed by atoms with E-state index in [0.717, 1.165) is 11.1 Å². The summed E-state index contributed by atoms with van der Waals surface area (Å²) in [5.74, 6) is 0.434. The predicted molar refractivity (Wildman–Crippen MR) is 120 cm³/mol. The molecule has 1 saturated heterocycles. The number of hydrogen-bond donors (Lipinski definition) is 1. The average Bonchev–Trinajstić information content (AvgIpc) is 3.41. The number of piperazine rings is 1. The summed E-state index contributed by atoms with van der Waals surface area (Å²) in [4.78, 5) is 36.8. The van der Waals surface area contributed by atoms with E-state index in [2.05, 4.69) is 9.97 Å². The molecule has 3 amide bonds. The molecular formula is C22H21N5O4S. The number of urea groups is 1. The number of hydrogen-bond acceptors (Lipinski definition) is 7. The van der Waals surface area contributed by atoms with Gasteiger partial charge in [-0.25, -0.2) is 9.78 Å². The summed E-state index contributed by atoms with van der Waals surface area (Å²) < 4.78 is 12.5. The van der Waals surface area contributed by atoms with E-state index in [4.69, 9.17) is 14.9 Å². The summed E-state index contributed by atoms with van der Waals surface area (Å²) in [6.07, 6.45) is 3.89. The zero-order valence-electron chi connectivity index (χ0n) is 17.4. The molecule has 1 atom stereocenters. The molecule has 4 aromatic rings. The molecule has 0 spiro atoms. The molecule has 10 heteroatoms. The third kappa shape index (κ3) is 3.62. The first-order valence-electron chi connectivity index (χ1n) is 10.3. The molecule has 164 valence electrons. The van der Waals surface area contributed by atoms with Crippen molar-refractivity contribution in [3.63, 3.8) is 0 Å². The highest BCUT2D eigenvalue weighted by atomic mass is 32.1.